The Hall–Kier alpha value is -1.06. The first-order valence-electron chi connectivity index (χ1n) is 8.66. The quantitative estimate of drug-likeness (QED) is 0.853. The summed E-state index contributed by atoms with van der Waals surface area (Å²) in [5.74, 6) is 4.04. The molecule has 0 radical (unpaired) electrons. The Morgan fingerprint density at radius 3 is 2.41 bits per heavy atom. The third-order valence-corrected chi connectivity index (χ3v) is 7.20. The predicted octanol–water partition coefficient (Wildman–Crippen LogP) is 5.07. The van der Waals surface area contributed by atoms with Crippen LogP contribution in [0.2, 0.25) is 0 Å². The molecule has 0 amide bonds. The van der Waals surface area contributed by atoms with Gasteiger partial charge in [-0.15, -0.1) is 11.3 Å². The highest BCUT2D eigenvalue weighted by molar-refractivity contribution is 7.15. The van der Waals surface area contributed by atoms with Crippen LogP contribution < -0.4 is 5.32 Å². The van der Waals surface area contributed by atoms with E-state index in [-0.39, 0.29) is 0 Å². The Morgan fingerprint density at radius 1 is 1.05 bits per heavy atom. The molecule has 22 heavy (non-hydrogen) atoms. The van der Waals surface area contributed by atoms with E-state index in [1.165, 1.54) is 48.3 Å². The molecule has 6 rings (SSSR count). The van der Waals surface area contributed by atoms with Gasteiger partial charge in [-0.2, -0.15) is 0 Å². The highest BCUT2D eigenvalue weighted by atomic mass is 32.1. The van der Waals surface area contributed by atoms with Gasteiger partial charge in [0.15, 0.2) is 0 Å². The fraction of sp³-hybridized carbons (Fsp3) is 0.579. The summed E-state index contributed by atoms with van der Waals surface area (Å²) in [7, 11) is 0. The Morgan fingerprint density at radius 2 is 1.77 bits per heavy atom. The highest BCUT2D eigenvalue weighted by Gasteiger charge is 2.50. The van der Waals surface area contributed by atoms with Crippen molar-refractivity contribution >= 4 is 11.3 Å². The van der Waals surface area contributed by atoms with Crippen LogP contribution in [0, 0.1) is 17.8 Å². The molecule has 2 aromatic heterocycles. The zero-order chi connectivity index (χ0) is 14.6. The van der Waals surface area contributed by atoms with Crippen LogP contribution in [0.15, 0.2) is 34.9 Å². The Balaban J connectivity index is 1.29. The van der Waals surface area contributed by atoms with Crippen LogP contribution in [-0.2, 0) is 6.54 Å². The summed E-state index contributed by atoms with van der Waals surface area (Å²) in [6, 6.07) is 8.46. The van der Waals surface area contributed by atoms with E-state index < -0.39 is 0 Å². The van der Waals surface area contributed by atoms with Crippen molar-refractivity contribution in [3.8, 4) is 10.6 Å². The normalized spacial score (nSPS) is 36.1. The van der Waals surface area contributed by atoms with Crippen molar-refractivity contribution in [2.24, 2.45) is 17.8 Å². The minimum atomic E-state index is 0.462. The van der Waals surface area contributed by atoms with Gasteiger partial charge in [0, 0.05) is 17.0 Å². The molecule has 0 unspecified atom stereocenters. The first-order valence-corrected chi connectivity index (χ1v) is 9.47. The smallest absolute Gasteiger partial charge is 0.143 e. The number of furan rings is 1. The second-order valence-electron chi connectivity index (χ2n) is 7.79. The Kier molecular flexibility index (Phi) is 3.02. The standard InChI is InChI=1S/C19H23NOS/c1-2-17(21-5-1)18-4-3-16(22-18)12-20-19-9-13-6-14(10-19)8-15(7-13)11-19/h1-5,13-15,20H,6-12H2. The summed E-state index contributed by atoms with van der Waals surface area (Å²) in [6.07, 6.45) is 10.6. The fourth-order valence-corrected chi connectivity index (χ4v) is 6.54. The molecule has 0 saturated heterocycles. The predicted molar refractivity (Wildman–Crippen MR) is 89.8 cm³/mol. The number of nitrogens with one attached hydrogen (secondary N) is 1. The number of thiophene rings is 1. The van der Waals surface area contributed by atoms with Crippen molar-refractivity contribution in [1.29, 1.82) is 0 Å². The third kappa shape index (κ3) is 2.26. The maximum Gasteiger partial charge on any atom is 0.143 e. The van der Waals surface area contributed by atoms with Crippen LogP contribution in [0.25, 0.3) is 10.6 Å². The van der Waals surface area contributed by atoms with E-state index >= 15 is 0 Å². The van der Waals surface area contributed by atoms with Gasteiger partial charge in [0.2, 0.25) is 0 Å². The Bertz CT molecular complexity index is 622. The first kappa shape index (κ1) is 13.4. The lowest BCUT2D eigenvalue weighted by atomic mass is 9.53. The van der Waals surface area contributed by atoms with Crippen molar-refractivity contribution in [2.45, 2.75) is 50.6 Å². The second-order valence-corrected chi connectivity index (χ2v) is 8.96. The van der Waals surface area contributed by atoms with Crippen molar-refractivity contribution in [3.05, 3.63) is 35.4 Å². The van der Waals surface area contributed by atoms with Crippen LogP contribution in [0.1, 0.15) is 43.4 Å². The fourth-order valence-electron chi connectivity index (χ4n) is 5.63. The molecule has 0 aromatic carbocycles. The molecule has 4 aliphatic rings. The summed E-state index contributed by atoms with van der Waals surface area (Å²) in [5.41, 5.74) is 0.462. The second kappa shape index (κ2) is 4.97. The van der Waals surface area contributed by atoms with Crippen molar-refractivity contribution in [2.75, 3.05) is 0 Å². The highest BCUT2D eigenvalue weighted by Crippen LogP contribution is 2.55. The minimum absolute atomic E-state index is 0.462. The average molecular weight is 313 g/mol. The van der Waals surface area contributed by atoms with E-state index in [0.29, 0.717) is 5.54 Å². The molecule has 2 heterocycles. The topological polar surface area (TPSA) is 25.2 Å². The van der Waals surface area contributed by atoms with Gasteiger partial charge in [0.25, 0.3) is 0 Å². The lowest BCUT2D eigenvalue weighted by molar-refractivity contribution is -0.0204. The molecular weight excluding hydrogens is 290 g/mol. The number of rotatable bonds is 4. The van der Waals surface area contributed by atoms with E-state index in [1.54, 1.807) is 6.26 Å². The van der Waals surface area contributed by atoms with Gasteiger partial charge in [0.05, 0.1) is 11.1 Å². The lowest BCUT2D eigenvalue weighted by Crippen LogP contribution is -2.58. The lowest BCUT2D eigenvalue weighted by Gasteiger charge is -2.57. The maximum atomic E-state index is 5.50. The molecular formula is C19H23NOS. The van der Waals surface area contributed by atoms with Crippen LogP contribution in [-0.4, -0.2) is 5.54 Å². The molecule has 0 spiro atoms. The van der Waals surface area contributed by atoms with Crippen molar-refractivity contribution in [1.82, 2.24) is 5.32 Å². The summed E-state index contributed by atoms with van der Waals surface area (Å²) >= 11 is 1.86. The zero-order valence-corrected chi connectivity index (χ0v) is 13.7. The molecule has 4 fully saturated rings. The maximum absolute atomic E-state index is 5.50. The summed E-state index contributed by atoms with van der Waals surface area (Å²) in [6.45, 7) is 1.03. The average Bonchev–Trinajstić information content (AvgIpc) is 3.15. The van der Waals surface area contributed by atoms with Crippen molar-refractivity contribution in [3.63, 3.8) is 0 Å². The van der Waals surface area contributed by atoms with E-state index in [1.807, 2.05) is 23.5 Å². The minimum Gasteiger partial charge on any atom is -0.464 e. The largest absolute Gasteiger partial charge is 0.464 e. The van der Waals surface area contributed by atoms with Crippen LogP contribution >= 0.6 is 11.3 Å². The Labute approximate surface area is 135 Å². The van der Waals surface area contributed by atoms with Crippen LogP contribution in [0.3, 0.4) is 0 Å². The van der Waals surface area contributed by atoms with E-state index in [4.69, 9.17) is 4.42 Å². The molecule has 4 saturated carbocycles. The SMILES string of the molecule is c1coc(-c2ccc(CNC34CC5CC(CC(C5)C3)C4)s2)c1. The molecule has 116 valence electrons. The summed E-state index contributed by atoms with van der Waals surface area (Å²) in [4.78, 5) is 2.68. The molecule has 1 N–H and O–H groups in total. The van der Waals surface area contributed by atoms with E-state index in [0.717, 1.165) is 30.1 Å². The summed E-state index contributed by atoms with van der Waals surface area (Å²) < 4.78 is 5.50. The number of hydrogen-bond acceptors (Lipinski definition) is 3. The molecule has 4 aliphatic carbocycles. The molecule has 2 aromatic rings. The van der Waals surface area contributed by atoms with E-state index in [9.17, 15) is 0 Å². The van der Waals surface area contributed by atoms with Crippen LogP contribution in [0.4, 0.5) is 0 Å². The molecule has 4 bridgehead atoms. The van der Waals surface area contributed by atoms with E-state index in [2.05, 4.69) is 17.4 Å². The molecule has 2 nitrogen and oxygen atoms in total. The van der Waals surface area contributed by atoms with Gasteiger partial charge in [-0.1, -0.05) is 0 Å². The van der Waals surface area contributed by atoms with Gasteiger partial charge < -0.3 is 9.73 Å². The zero-order valence-electron chi connectivity index (χ0n) is 12.9. The van der Waals surface area contributed by atoms with Crippen molar-refractivity contribution < 1.29 is 4.42 Å². The number of hydrogen-bond donors (Lipinski definition) is 1. The monoisotopic (exact) mass is 313 g/mol. The summed E-state index contributed by atoms with van der Waals surface area (Å²) in [5, 5.41) is 3.98. The van der Waals surface area contributed by atoms with Crippen LogP contribution in [0.5, 0.6) is 0 Å². The van der Waals surface area contributed by atoms with Gasteiger partial charge in [-0.3, -0.25) is 0 Å². The molecule has 0 aliphatic heterocycles. The van der Waals surface area contributed by atoms with Gasteiger partial charge >= 0.3 is 0 Å². The molecule has 3 heteroatoms. The van der Waals surface area contributed by atoms with Gasteiger partial charge in [0.1, 0.15) is 5.76 Å². The van der Waals surface area contributed by atoms with Gasteiger partial charge in [-0.25, -0.2) is 0 Å². The molecule has 0 atom stereocenters. The first-order chi connectivity index (χ1) is 10.8. The third-order valence-electron chi connectivity index (χ3n) is 6.10. The van der Waals surface area contributed by atoms with Gasteiger partial charge in [-0.05, 0) is 80.5 Å².